The first-order chi connectivity index (χ1) is 43.5. The highest BCUT2D eigenvalue weighted by atomic mass is 31.2. The van der Waals surface area contributed by atoms with Gasteiger partial charge in [-0.15, -0.1) is 0 Å². The molecule has 0 spiro atoms. The number of likely N-dealkylation sites (N-methyl/N-ethyl adjacent to an activating group) is 1. The Morgan fingerprint density at radius 3 is 0.831 bits per heavy atom. The number of allylic oxidation sites excluding steroid dienone is 2. The van der Waals surface area contributed by atoms with E-state index in [-0.39, 0.29) is 32.0 Å². The largest absolute Gasteiger partial charge is 0.756 e. The van der Waals surface area contributed by atoms with E-state index in [1.807, 2.05) is 21.1 Å². The number of phosphoric acid groups is 1. The van der Waals surface area contributed by atoms with E-state index in [4.69, 9.17) is 18.5 Å². The number of carbonyl (C=O) groups is 2. The molecule has 0 aromatic heterocycles. The number of carbonyl (C=O) groups excluding carboxylic acids is 2. The molecular formula is C79H156NO8P. The molecule has 0 saturated carbocycles. The second-order valence-corrected chi connectivity index (χ2v) is 30.2. The van der Waals surface area contributed by atoms with E-state index in [9.17, 15) is 19.0 Å². The van der Waals surface area contributed by atoms with Crippen LogP contribution in [0.3, 0.4) is 0 Å². The quantitative estimate of drug-likeness (QED) is 0.0195. The molecule has 0 N–H and O–H groups in total. The van der Waals surface area contributed by atoms with Crippen molar-refractivity contribution in [1.82, 2.24) is 0 Å². The normalized spacial score (nSPS) is 13.0. The summed E-state index contributed by atoms with van der Waals surface area (Å²) in [4.78, 5) is 38.2. The van der Waals surface area contributed by atoms with E-state index in [0.29, 0.717) is 17.4 Å². The summed E-state index contributed by atoms with van der Waals surface area (Å²) in [5.41, 5.74) is 0. The molecule has 530 valence electrons. The van der Waals surface area contributed by atoms with Gasteiger partial charge < -0.3 is 27.9 Å². The summed E-state index contributed by atoms with van der Waals surface area (Å²) in [6, 6.07) is 0. The molecule has 0 aliphatic rings. The maximum absolute atomic E-state index is 12.9. The minimum Gasteiger partial charge on any atom is -0.756 e. The van der Waals surface area contributed by atoms with Crippen LogP contribution < -0.4 is 4.89 Å². The summed E-state index contributed by atoms with van der Waals surface area (Å²) in [7, 11) is 1.20. The van der Waals surface area contributed by atoms with Gasteiger partial charge in [-0.25, -0.2) is 0 Å². The number of quaternary nitrogens is 1. The Bertz CT molecular complexity index is 1500. The number of phosphoric ester groups is 1. The minimum absolute atomic E-state index is 0.0256. The minimum atomic E-state index is -4.64. The standard InChI is InChI=1S/C79H156NO8P/c1-6-8-10-12-14-16-18-20-22-24-26-28-30-32-34-36-38-40-42-44-46-48-50-52-54-56-58-60-62-64-66-68-70-72-79(82)88-77(76-87-89(83,84)86-74-73-80(3,4)5)75-85-78(81)71-69-67-65-63-61-59-57-55-53-51-49-47-45-43-41-39-37-35-33-31-29-27-25-23-21-19-17-15-13-11-9-7-2/h24,26,77H,6-23,25,27-76H2,1-5H3/b26-24-. The van der Waals surface area contributed by atoms with Gasteiger partial charge in [-0.2, -0.15) is 0 Å². The molecule has 0 aromatic rings. The van der Waals surface area contributed by atoms with Crippen molar-refractivity contribution in [3.8, 4) is 0 Å². The van der Waals surface area contributed by atoms with E-state index in [0.717, 1.165) is 32.1 Å². The fraction of sp³-hybridized carbons (Fsp3) is 0.949. The molecule has 2 unspecified atom stereocenters. The third-order valence-electron chi connectivity index (χ3n) is 18.5. The van der Waals surface area contributed by atoms with Gasteiger partial charge in [0.1, 0.15) is 19.8 Å². The van der Waals surface area contributed by atoms with Crippen LogP contribution in [0.5, 0.6) is 0 Å². The first-order valence-electron chi connectivity index (χ1n) is 39.9. The lowest BCUT2D eigenvalue weighted by Crippen LogP contribution is -2.37. The first-order valence-corrected chi connectivity index (χ1v) is 41.4. The summed E-state index contributed by atoms with van der Waals surface area (Å²) in [5, 5.41) is 0. The van der Waals surface area contributed by atoms with Crippen molar-refractivity contribution in [2.45, 2.75) is 437 Å². The van der Waals surface area contributed by atoms with E-state index in [1.54, 1.807) is 0 Å². The highest BCUT2D eigenvalue weighted by molar-refractivity contribution is 7.45. The van der Waals surface area contributed by atoms with Gasteiger partial charge in [0, 0.05) is 12.8 Å². The van der Waals surface area contributed by atoms with Crippen LogP contribution in [-0.2, 0) is 32.7 Å². The molecule has 0 fully saturated rings. The molecule has 0 amide bonds. The molecule has 0 heterocycles. The van der Waals surface area contributed by atoms with E-state index in [2.05, 4.69) is 26.0 Å². The Labute approximate surface area is 556 Å². The predicted octanol–water partition coefficient (Wildman–Crippen LogP) is 25.6. The molecule has 0 aliphatic carbocycles. The summed E-state index contributed by atoms with van der Waals surface area (Å²) >= 11 is 0. The average Bonchev–Trinajstić information content (AvgIpc) is 3.60. The molecule has 0 bridgehead atoms. The summed E-state index contributed by atoms with van der Waals surface area (Å²) in [6.07, 6.45) is 89.2. The van der Waals surface area contributed by atoms with Crippen molar-refractivity contribution in [3.05, 3.63) is 12.2 Å². The Hall–Kier alpha value is -1.25. The predicted molar refractivity (Wildman–Crippen MR) is 384 cm³/mol. The maximum Gasteiger partial charge on any atom is 0.306 e. The molecule has 0 rings (SSSR count). The third kappa shape index (κ3) is 75.7. The fourth-order valence-electron chi connectivity index (χ4n) is 12.4. The summed E-state index contributed by atoms with van der Waals surface area (Å²) in [5.74, 6) is -0.803. The third-order valence-corrected chi connectivity index (χ3v) is 19.5. The molecule has 0 saturated heterocycles. The van der Waals surface area contributed by atoms with E-state index >= 15 is 0 Å². The van der Waals surface area contributed by atoms with Crippen LogP contribution in [0.1, 0.15) is 431 Å². The number of rotatable bonds is 76. The number of ether oxygens (including phenoxy) is 2. The van der Waals surface area contributed by atoms with Gasteiger partial charge in [-0.3, -0.25) is 14.2 Å². The van der Waals surface area contributed by atoms with Gasteiger partial charge in [0.2, 0.25) is 0 Å². The van der Waals surface area contributed by atoms with Crippen molar-refractivity contribution < 1.29 is 42.1 Å². The van der Waals surface area contributed by atoms with Crippen LogP contribution in [0.15, 0.2) is 12.2 Å². The smallest absolute Gasteiger partial charge is 0.306 e. The second-order valence-electron chi connectivity index (χ2n) is 28.8. The molecule has 0 aromatic carbocycles. The molecule has 89 heavy (non-hydrogen) atoms. The molecule has 0 aliphatic heterocycles. The number of hydrogen-bond acceptors (Lipinski definition) is 8. The lowest BCUT2D eigenvalue weighted by molar-refractivity contribution is -0.870. The summed E-state index contributed by atoms with van der Waals surface area (Å²) in [6.45, 7) is 4.34. The second kappa shape index (κ2) is 71.1. The van der Waals surface area contributed by atoms with Crippen LogP contribution in [0, 0.1) is 0 Å². The van der Waals surface area contributed by atoms with Gasteiger partial charge in [0.15, 0.2) is 6.10 Å². The van der Waals surface area contributed by atoms with Crippen molar-refractivity contribution in [2.75, 3.05) is 47.5 Å². The van der Waals surface area contributed by atoms with Crippen LogP contribution >= 0.6 is 7.82 Å². The zero-order chi connectivity index (χ0) is 64.8. The monoisotopic (exact) mass is 1280 g/mol. The Balaban J connectivity index is 3.90. The van der Waals surface area contributed by atoms with Crippen molar-refractivity contribution in [3.63, 3.8) is 0 Å². The van der Waals surface area contributed by atoms with Crippen LogP contribution in [-0.4, -0.2) is 70.0 Å². The fourth-order valence-corrected chi connectivity index (χ4v) is 13.2. The molecular weight excluding hydrogens is 1120 g/mol. The Morgan fingerprint density at radius 1 is 0.337 bits per heavy atom. The lowest BCUT2D eigenvalue weighted by atomic mass is 10.0. The average molecular weight is 1280 g/mol. The van der Waals surface area contributed by atoms with Crippen molar-refractivity contribution >= 4 is 19.8 Å². The first kappa shape index (κ1) is 87.8. The molecule has 9 nitrogen and oxygen atoms in total. The van der Waals surface area contributed by atoms with Crippen molar-refractivity contribution in [1.29, 1.82) is 0 Å². The molecule has 10 heteroatoms. The molecule has 0 radical (unpaired) electrons. The number of unbranched alkanes of at least 4 members (excludes halogenated alkanes) is 60. The van der Waals surface area contributed by atoms with Gasteiger partial charge in [-0.1, -0.05) is 392 Å². The highest BCUT2D eigenvalue weighted by Gasteiger charge is 2.22. The molecule has 2 atom stereocenters. The Morgan fingerprint density at radius 2 is 0.573 bits per heavy atom. The zero-order valence-corrected chi connectivity index (χ0v) is 61.6. The lowest BCUT2D eigenvalue weighted by Gasteiger charge is -2.28. The summed E-state index contributed by atoms with van der Waals surface area (Å²) < 4.78 is 34.4. The topological polar surface area (TPSA) is 111 Å². The number of hydrogen-bond donors (Lipinski definition) is 0. The maximum atomic E-state index is 12.9. The van der Waals surface area contributed by atoms with Crippen LogP contribution in [0.4, 0.5) is 0 Å². The van der Waals surface area contributed by atoms with Crippen molar-refractivity contribution in [2.24, 2.45) is 0 Å². The zero-order valence-electron chi connectivity index (χ0n) is 60.7. The van der Waals surface area contributed by atoms with Crippen LogP contribution in [0.25, 0.3) is 0 Å². The van der Waals surface area contributed by atoms with Crippen LogP contribution in [0.2, 0.25) is 0 Å². The van der Waals surface area contributed by atoms with E-state index < -0.39 is 26.5 Å². The Kier molecular flexibility index (Phi) is 70.1. The van der Waals surface area contributed by atoms with E-state index in [1.165, 1.54) is 366 Å². The number of nitrogens with zero attached hydrogens (tertiary/aromatic N) is 1. The van der Waals surface area contributed by atoms with Gasteiger partial charge >= 0.3 is 11.9 Å². The highest BCUT2D eigenvalue weighted by Crippen LogP contribution is 2.38. The van der Waals surface area contributed by atoms with Gasteiger partial charge in [0.25, 0.3) is 7.82 Å². The van der Waals surface area contributed by atoms with Gasteiger partial charge in [-0.05, 0) is 38.5 Å². The van der Waals surface area contributed by atoms with Gasteiger partial charge in [0.05, 0.1) is 27.7 Å². The number of esters is 2. The SMILES string of the molecule is CCCCCCCCCC/C=C\CCCCCCCCCCCCCCCCCCCCCCCC(=O)OC(COC(=O)CCCCCCCCCCCCCCCCCCCCCCCCCCCCCCCCCC)COP(=O)([O-])OCC[N+](C)(C)C.